The molecule has 0 bridgehead atoms. The molecule has 0 aliphatic carbocycles. The van der Waals surface area contributed by atoms with E-state index in [2.05, 4.69) is 31.3 Å². The maximum Gasteiger partial charge on any atom is 0.249 e. The van der Waals surface area contributed by atoms with Crippen molar-refractivity contribution in [2.75, 3.05) is 6.61 Å². The first-order valence-corrected chi connectivity index (χ1v) is 35.5. The molecule has 0 aromatic carbocycles. The molecule has 0 aliphatic heterocycles. The molecule has 1 amide bonds. The SMILES string of the molecule is CCCCCCCCCCCCCCCCCCCC/C=C\CCCCCCCCCCCCCCCCCCC(O)C(=O)NC(CO)C(O)CCCCCCCCCCCCCCCCCCCCCCCCCC. The van der Waals surface area contributed by atoms with Gasteiger partial charge in [-0.05, 0) is 38.5 Å². The molecule has 0 radical (unpaired) electrons. The van der Waals surface area contributed by atoms with E-state index in [4.69, 9.17) is 0 Å². The second-order valence-corrected chi connectivity index (χ2v) is 24.8. The topological polar surface area (TPSA) is 89.8 Å². The van der Waals surface area contributed by atoms with Crippen LogP contribution in [0.2, 0.25) is 0 Å². The predicted octanol–water partition coefficient (Wildman–Crippen LogP) is 23.0. The summed E-state index contributed by atoms with van der Waals surface area (Å²) in [5.41, 5.74) is 0. The third kappa shape index (κ3) is 60.7. The van der Waals surface area contributed by atoms with E-state index in [0.717, 1.165) is 32.1 Å². The molecule has 0 saturated carbocycles. The number of nitrogens with one attached hydrogen (secondary N) is 1. The molecule has 0 fully saturated rings. The third-order valence-electron chi connectivity index (χ3n) is 17.1. The van der Waals surface area contributed by atoms with E-state index in [1.165, 1.54) is 353 Å². The van der Waals surface area contributed by atoms with E-state index in [1.54, 1.807) is 0 Å². The highest BCUT2D eigenvalue weighted by Gasteiger charge is 2.23. The molecule has 0 heterocycles. The van der Waals surface area contributed by atoms with Crippen LogP contribution in [0.3, 0.4) is 0 Å². The van der Waals surface area contributed by atoms with Crippen LogP contribution in [-0.4, -0.2) is 46.1 Å². The number of rotatable bonds is 67. The number of carbonyl (C=O) groups is 1. The van der Waals surface area contributed by atoms with Gasteiger partial charge in [0.1, 0.15) is 6.10 Å². The first-order valence-electron chi connectivity index (χ1n) is 35.5. The molecule has 0 aromatic heterocycles. The van der Waals surface area contributed by atoms with Crippen molar-refractivity contribution < 1.29 is 20.1 Å². The summed E-state index contributed by atoms with van der Waals surface area (Å²) >= 11 is 0. The fourth-order valence-electron chi connectivity index (χ4n) is 11.7. The second-order valence-electron chi connectivity index (χ2n) is 24.8. The second kappa shape index (κ2) is 66.6. The standard InChI is InChI=1S/C71H141NO4/c1-3-5-7-9-11-13-15-17-19-21-23-25-27-29-30-31-32-33-34-35-36-37-38-39-40-41-42-44-46-48-50-52-54-56-58-60-62-64-66-70(75)71(76)72-68(67-73)69(74)65-63-61-59-57-55-53-51-49-47-45-43-28-26-24-22-20-18-16-14-12-10-8-6-4-2/h35-36,68-70,73-75H,3-34,37-67H2,1-2H3,(H,72,76)/b36-35-. The summed E-state index contributed by atoms with van der Waals surface area (Å²) in [6.45, 7) is 4.29. The van der Waals surface area contributed by atoms with Gasteiger partial charge in [0.25, 0.3) is 0 Å². The molecule has 0 saturated heterocycles. The fraction of sp³-hybridized carbons (Fsp3) is 0.958. The summed E-state index contributed by atoms with van der Waals surface area (Å²) in [7, 11) is 0. The molecule has 5 heteroatoms. The van der Waals surface area contributed by atoms with Gasteiger partial charge >= 0.3 is 0 Å². The lowest BCUT2D eigenvalue weighted by Gasteiger charge is -2.23. The summed E-state index contributed by atoms with van der Waals surface area (Å²) in [6.07, 6.45) is 86.2. The smallest absolute Gasteiger partial charge is 0.249 e. The van der Waals surface area contributed by atoms with Crippen LogP contribution in [0.5, 0.6) is 0 Å². The first kappa shape index (κ1) is 75.1. The van der Waals surface area contributed by atoms with Gasteiger partial charge in [-0.3, -0.25) is 4.79 Å². The lowest BCUT2D eigenvalue weighted by atomic mass is 10.0. The minimum absolute atomic E-state index is 0.308. The van der Waals surface area contributed by atoms with Crippen LogP contribution in [0.1, 0.15) is 412 Å². The highest BCUT2D eigenvalue weighted by atomic mass is 16.3. The van der Waals surface area contributed by atoms with Crippen LogP contribution < -0.4 is 5.32 Å². The fourth-order valence-corrected chi connectivity index (χ4v) is 11.7. The Morgan fingerprint density at radius 1 is 0.303 bits per heavy atom. The number of allylic oxidation sites excluding steroid dienone is 2. The van der Waals surface area contributed by atoms with Crippen LogP contribution in [0, 0.1) is 0 Å². The van der Waals surface area contributed by atoms with Crippen LogP contribution in [0.25, 0.3) is 0 Å². The molecular formula is C71H141NO4. The maximum absolute atomic E-state index is 12.6. The number of hydrogen-bond donors (Lipinski definition) is 4. The average molecular weight is 1070 g/mol. The average Bonchev–Trinajstić information content (AvgIpc) is 3.42. The number of aliphatic hydroxyl groups excluding tert-OH is 3. The quantitative estimate of drug-likeness (QED) is 0.0361. The van der Waals surface area contributed by atoms with Crippen molar-refractivity contribution in [3.05, 3.63) is 12.2 Å². The Hall–Kier alpha value is -0.910. The van der Waals surface area contributed by atoms with Gasteiger partial charge in [0.2, 0.25) is 5.91 Å². The highest BCUT2D eigenvalue weighted by Crippen LogP contribution is 2.20. The van der Waals surface area contributed by atoms with E-state index in [1.807, 2.05) is 0 Å². The van der Waals surface area contributed by atoms with E-state index in [-0.39, 0.29) is 6.61 Å². The molecule has 0 aromatic rings. The van der Waals surface area contributed by atoms with E-state index >= 15 is 0 Å². The Labute approximate surface area is 478 Å². The van der Waals surface area contributed by atoms with Crippen molar-refractivity contribution in [2.45, 2.75) is 430 Å². The lowest BCUT2D eigenvalue weighted by molar-refractivity contribution is -0.131. The normalized spacial score (nSPS) is 13.1. The van der Waals surface area contributed by atoms with Gasteiger partial charge in [-0.15, -0.1) is 0 Å². The molecular weight excluding hydrogens is 931 g/mol. The van der Waals surface area contributed by atoms with Crippen LogP contribution in [-0.2, 0) is 4.79 Å². The van der Waals surface area contributed by atoms with Gasteiger partial charge in [0.05, 0.1) is 18.8 Å². The Balaban J connectivity index is 3.43. The van der Waals surface area contributed by atoms with Crippen LogP contribution >= 0.6 is 0 Å². The van der Waals surface area contributed by atoms with Gasteiger partial charge < -0.3 is 20.6 Å². The molecule has 0 spiro atoms. The Morgan fingerprint density at radius 2 is 0.500 bits per heavy atom. The Morgan fingerprint density at radius 3 is 0.724 bits per heavy atom. The third-order valence-corrected chi connectivity index (χ3v) is 17.1. The Bertz CT molecular complexity index is 1100. The number of unbranched alkanes of at least 4 members (excludes halogenated alkanes) is 57. The summed E-state index contributed by atoms with van der Waals surface area (Å²) < 4.78 is 0. The zero-order valence-electron chi connectivity index (χ0n) is 52.2. The van der Waals surface area contributed by atoms with Crippen LogP contribution in [0.15, 0.2) is 12.2 Å². The van der Waals surface area contributed by atoms with Crippen molar-refractivity contribution in [3.8, 4) is 0 Å². The van der Waals surface area contributed by atoms with Crippen molar-refractivity contribution in [1.82, 2.24) is 5.32 Å². The summed E-state index contributed by atoms with van der Waals surface area (Å²) in [4.78, 5) is 12.6. The van der Waals surface area contributed by atoms with Crippen molar-refractivity contribution in [1.29, 1.82) is 0 Å². The number of aliphatic hydroxyl groups is 3. The number of amides is 1. The van der Waals surface area contributed by atoms with Gasteiger partial charge in [-0.1, -0.05) is 386 Å². The zero-order chi connectivity index (χ0) is 55.0. The minimum Gasteiger partial charge on any atom is -0.394 e. The van der Waals surface area contributed by atoms with E-state index in [0.29, 0.717) is 12.8 Å². The van der Waals surface area contributed by atoms with Crippen molar-refractivity contribution >= 4 is 5.91 Å². The summed E-state index contributed by atoms with van der Waals surface area (Å²) in [5.74, 6) is -0.461. The van der Waals surface area contributed by atoms with Gasteiger partial charge in [-0.25, -0.2) is 0 Å². The van der Waals surface area contributed by atoms with Gasteiger partial charge in [0.15, 0.2) is 0 Å². The molecule has 454 valence electrons. The summed E-state index contributed by atoms with van der Waals surface area (Å²) in [5, 5.41) is 33.7. The van der Waals surface area contributed by atoms with Crippen LogP contribution in [0.4, 0.5) is 0 Å². The van der Waals surface area contributed by atoms with Crippen molar-refractivity contribution in [2.24, 2.45) is 0 Å². The molecule has 76 heavy (non-hydrogen) atoms. The van der Waals surface area contributed by atoms with E-state index < -0.39 is 24.2 Å². The maximum atomic E-state index is 12.6. The molecule has 0 rings (SSSR count). The monoisotopic (exact) mass is 1070 g/mol. The predicted molar refractivity (Wildman–Crippen MR) is 338 cm³/mol. The van der Waals surface area contributed by atoms with Gasteiger partial charge in [-0.2, -0.15) is 0 Å². The molecule has 4 N–H and O–H groups in total. The molecule has 3 unspecified atom stereocenters. The molecule has 3 atom stereocenters. The van der Waals surface area contributed by atoms with Gasteiger partial charge in [0, 0.05) is 0 Å². The lowest BCUT2D eigenvalue weighted by Crippen LogP contribution is -2.49. The number of carbonyl (C=O) groups excluding carboxylic acids is 1. The van der Waals surface area contributed by atoms with Crippen molar-refractivity contribution in [3.63, 3.8) is 0 Å². The zero-order valence-corrected chi connectivity index (χ0v) is 52.2. The van der Waals surface area contributed by atoms with E-state index in [9.17, 15) is 20.1 Å². The largest absolute Gasteiger partial charge is 0.394 e. The molecule has 5 nitrogen and oxygen atoms in total. The first-order chi connectivity index (χ1) is 37.6. The highest BCUT2D eigenvalue weighted by molar-refractivity contribution is 5.80. The summed E-state index contributed by atoms with van der Waals surface area (Å²) in [6, 6.07) is -0.711. The number of hydrogen-bond acceptors (Lipinski definition) is 4. The minimum atomic E-state index is -1.07. The molecule has 0 aliphatic rings. The Kier molecular flexibility index (Phi) is 65.8.